The molecule has 2 heteroatoms. The van der Waals surface area contributed by atoms with Crippen LogP contribution < -0.4 is 0 Å². The molecule has 10 aromatic rings. The van der Waals surface area contributed by atoms with Crippen LogP contribution in [0.25, 0.3) is 98.8 Å². The van der Waals surface area contributed by atoms with E-state index in [9.17, 15) is 0 Å². The minimum absolute atomic E-state index is 0.836. The minimum Gasteiger partial charge on any atom is -0.456 e. The number of rotatable bonds is 3. The van der Waals surface area contributed by atoms with E-state index in [0.29, 0.717) is 0 Å². The van der Waals surface area contributed by atoms with E-state index >= 15 is 0 Å². The van der Waals surface area contributed by atoms with Gasteiger partial charge in [-0.25, -0.2) is 0 Å². The molecule has 2 aromatic heterocycles. The molecule has 46 heavy (non-hydrogen) atoms. The number of furan rings is 2. The molecule has 2 heterocycles. The highest BCUT2D eigenvalue weighted by Crippen LogP contribution is 2.45. The third-order valence-electron chi connectivity index (χ3n) is 9.47. The quantitative estimate of drug-likeness (QED) is 0.193. The first-order chi connectivity index (χ1) is 22.8. The smallest absolute Gasteiger partial charge is 0.139 e. The second kappa shape index (κ2) is 9.69. The largest absolute Gasteiger partial charge is 0.456 e. The van der Waals surface area contributed by atoms with Gasteiger partial charge in [0.05, 0.1) is 0 Å². The number of benzene rings is 8. The van der Waals surface area contributed by atoms with Crippen LogP contribution in [0.2, 0.25) is 0 Å². The van der Waals surface area contributed by atoms with Gasteiger partial charge in [0.2, 0.25) is 0 Å². The lowest BCUT2D eigenvalue weighted by Gasteiger charge is -2.18. The molecule has 0 radical (unpaired) electrons. The van der Waals surface area contributed by atoms with E-state index in [-0.39, 0.29) is 0 Å². The van der Waals surface area contributed by atoms with Gasteiger partial charge in [0.1, 0.15) is 22.3 Å². The molecule has 0 atom stereocenters. The van der Waals surface area contributed by atoms with Crippen molar-refractivity contribution in [1.82, 2.24) is 0 Å². The highest BCUT2D eigenvalue weighted by molar-refractivity contribution is 6.22. The maximum absolute atomic E-state index is 6.52. The van der Waals surface area contributed by atoms with Crippen molar-refractivity contribution in [2.45, 2.75) is 0 Å². The van der Waals surface area contributed by atoms with Crippen molar-refractivity contribution in [2.75, 3.05) is 0 Å². The Morgan fingerprint density at radius 2 is 0.674 bits per heavy atom. The predicted molar refractivity (Wildman–Crippen MR) is 192 cm³/mol. The van der Waals surface area contributed by atoms with Gasteiger partial charge in [-0.05, 0) is 79.2 Å². The van der Waals surface area contributed by atoms with Gasteiger partial charge in [-0.15, -0.1) is 0 Å². The van der Waals surface area contributed by atoms with Crippen molar-refractivity contribution in [3.05, 3.63) is 158 Å². The summed E-state index contributed by atoms with van der Waals surface area (Å²) in [5, 5.41) is 9.36. The fourth-order valence-electron chi connectivity index (χ4n) is 7.36. The number of fused-ring (bicyclic) bond motifs is 8. The van der Waals surface area contributed by atoms with Gasteiger partial charge in [0.15, 0.2) is 0 Å². The Morgan fingerprint density at radius 1 is 0.239 bits per heavy atom. The van der Waals surface area contributed by atoms with Crippen LogP contribution in [0, 0.1) is 0 Å². The molecule has 0 aliphatic rings. The average molecular weight is 587 g/mol. The third kappa shape index (κ3) is 3.71. The van der Waals surface area contributed by atoms with E-state index in [2.05, 4.69) is 140 Å². The van der Waals surface area contributed by atoms with E-state index in [4.69, 9.17) is 8.83 Å². The summed E-state index contributed by atoms with van der Waals surface area (Å²) in [6.45, 7) is 0. The average Bonchev–Trinajstić information content (AvgIpc) is 3.66. The molecule has 0 aliphatic heterocycles. The van der Waals surface area contributed by atoms with E-state index in [1.54, 1.807) is 0 Å². The Morgan fingerprint density at radius 3 is 1.33 bits per heavy atom. The zero-order valence-corrected chi connectivity index (χ0v) is 24.8. The Kier molecular flexibility index (Phi) is 5.31. The van der Waals surface area contributed by atoms with E-state index < -0.39 is 0 Å². The molecule has 2 nitrogen and oxygen atoms in total. The maximum atomic E-state index is 6.52. The number of hydrogen-bond donors (Lipinski definition) is 0. The molecule has 8 aromatic carbocycles. The fourth-order valence-corrected chi connectivity index (χ4v) is 7.36. The summed E-state index contributed by atoms with van der Waals surface area (Å²) >= 11 is 0. The molecule has 0 bridgehead atoms. The summed E-state index contributed by atoms with van der Waals surface area (Å²) in [5.41, 5.74) is 10.7. The van der Waals surface area contributed by atoms with Crippen molar-refractivity contribution >= 4 is 65.4 Å². The lowest BCUT2D eigenvalue weighted by molar-refractivity contribution is 0.656. The predicted octanol–water partition coefficient (Wildman–Crippen LogP) is 12.8. The number of hydrogen-bond acceptors (Lipinski definition) is 2. The summed E-state index contributed by atoms with van der Waals surface area (Å²) in [5.74, 6) is 0. The lowest BCUT2D eigenvalue weighted by atomic mass is 9.85. The van der Waals surface area contributed by atoms with Crippen molar-refractivity contribution in [2.24, 2.45) is 0 Å². The van der Waals surface area contributed by atoms with Crippen molar-refractivity contribution in [3.8, 4) is 33.4 Å². The molecule has 0 saturated carbocycles. The van der Waals surface area contributed by atoms with Gasteiger partial charge in [-0.2, -0.15) is 0 Å². The normalized spacial score (nSPS) is 11.9. The van der Waals surface area contributed by atoms with E-state index in [1.165, 1.54) is 49.4 Å². The molecule has 0 unspecified atom stereocenters. The molecule has 0 fully saturated rings. The maximum Gasteiger partial charge on any atom is 0.139 e. The standard InChI is InChI=1S/C44H26O2/c1-2-10-27(11-3-1)28-18-20-29(21-19-28)43-33-13-4-6-15-35(33)44(36-16-7-5-14-34(36)43)30-22-23-32-38-25-37-31-12-8-9-17-39(31)45-41(37)26-42(38)46-40(32)24-30/h1-26H. The second-order valence-corrected chi connectivity index (χ2v) is 12.0. The van der Waals surface area contributed by atoms with E-state index in [1.807, 2.05) is 18.2 Å². The Labute approximate surface area is 264 Å². The first-order valence-corrected chi connectivity index (χ1v) is 15.7. The zero-order valence-electron chi connectivity index (χ0n) is 24.8. The monoisotopic (exact) mass is 586 g/mol. The second-order valence-electron chi connectivity index (χ2n) is 12.0. The Hall–Kier alpha value is -6.12. The van der Waals surface area contributed by atoms with Crippen LogP contribution in [0.1, 0.15) is 0 Å². The molecule has 0 aliphatic carbocycles. The first-order valence-electron chi connectivity index (χ1n) is 15.7. The van der Waals surface area contributed by atoms with Crippen molar-refractivity contribution < 1.29 is 8.83 Å². The molecular formula is C44H26O2. The summed E-state index contributed by atoms with van der Waals surface area (Å²) in [4.78, 5) is 0. The van der Waals surface area contributed by atoms with Crippen molar-refractivity contribution in [1.29, 1.82) is 0 Å². The molecule has 0 amide bonds. The molecule has 10 rings (SSSR count). The summed E-state index contributed by atoms with van der Waals surface area (Å²) in [7, 11) is 0. The van der Waals surface area contributed by atoms with Crippen LogP contribution in [-0.4, -0.2) is 0 Å². The SMILES string of the molecule is c1ccc(-c2ccc(-c3c4ccccc4c(-c4ccc5c(c4)oc4cc6oc7ccccc7c6cc45)c4ccccc34)cc2)cc1. The van der Waals surface area contributed by atoms with Crippen LogP contribution in [0.4, 0.5) is 0 Å². The Balaban J connectivity index is 1.18. The molecule has 0 N–H and O–H groups in total. The molecular weight excluding hydrogens is 560 g/mol. The van der Waals surface area contributed by atoms with Crippen LogP contribution in [0.3, 0.4) is 0 Å². The van der Waals surface area contributed by atoms with Crippen molar-refractivity contribution in [3.63, 3.8) is 0 Å². The van der Waals surface area contributed by atoms with Crippen LogP contribution in [0.15, 0.2) is 167 Å². The highest BCUT2D eigenvalue weighted by atomic mass is 16.3. The first kappa shape index (κ1) is 25.2. The highest BCUT2D eigenvalue weighted by Gasteiger charge is 2.19. The van der Waals surface area contributed by atoms with Gasteiger partial charge in [-0.3, -0.25) is 0 Å². The van der Waals surface area contributed by atoms with Gasteiger partial charge in [0.25, 0.3) is 0 Å². The lowest BCUT2D eigenvalue weighted by Crippen LogP contribution is -1.91. The minimum atomic E-state index is 0.836. The topological polar surface area (TPSA) is 26.3 Å². The van der Waals surface area contributed by atoms with Crippen LogP contribution in [0.5, 0.6) is 0 Å². The van der Waals surface area contributed by atoms with Crippen LogP contribution >= 0.6 is 0 Å². The fraction of sp³-hybridized carbons (Fsp3) is 0. The molecule has 0 spiro atoms. The van der Waals surface area contributed by atoms with Gasteiger partial charge >= 0.3 is 0 Å². The number of para-hydroxylation sites is 1. The van der Waals surface area contributed by atoms with E-state index in [0.717, 1.165) is 49.4 Å². The van der Waals surface area contributed by atoms with Gasteiger partial charge < -0.3 is 8.83 Å². The van der Waals surface area contributed by atoms with Gasteiger partial charge in [-0.1, -0.05) is 127 Å². The zero-order chi connectivity index (χ0) is 30.2. The summed E-state index contributed by atoms with van der Waals surface area (Å²) < 4.78 is 12.7. The van der Waals surface area contributed by atoms with Gasteiger partial charge in [0, 0.05) is 27.6 Å². The molecule has 0 saturated heterocycles. The van der Waals surface area contributed by atoms with Crippen LogP contribution in [-0.2, 0) is 0 Å². The summed E-state index contributed by atoms with van der Waals surface area (Å²) in [6, 6.07) is 56.2. The third-order valence-corrected chi connectivity index (χ3v) is 9.47. The summed E-state index contributed by atoms with van der Waals surface area (Å²) in [6.07, 6.45) is 0. The molecule has 214 valence electrons. The Bertz CT molecular complexity index is 2720.